The third kappa shape index (κ3) is 2.56. The van der Waals surface area contributed by atoms with Gasteiger partial charge in [0.05, 0.1) is 11.9 Å². The Bertz CT molecular complexity index is 500. The number of nitrogens with zero attached hydrogens (tertiary/aromatic N) is 1. The van der Waals surface area contributed by atoms with Crippen molar-refractivity contribution in [3.05, 3.63) is 41.1 Å². The molecule has 0 saturated carbocycles. The maximum Gasteiger partial charge on any atom is 0.0697 e. The number of aryl methyl sites for hydroxylation is 2. The second kappa shape index (κ2) is 5.15. The fourth-order valence-electron chi connectivity index (χ4n) is 1.94. The van der Waals surface area contributed by atoms with Crippen LogP contribution in [0.15, 0.2) is 24.4 Å². The molecule has 0 aliphatic carbocycles. The van der Waals surface area contributed by atoms with E-state index in [0.29, 0.717) is 0 Å². The molecule has 1 heterocycles. The quantitative estimate of drug-likeness (QED) is 0.846. The van der Waals surface area contributed by atoms with Gasteiger partial charge in [-0.3, -0.25) is 5.10 Å². The monoisotopic (exact) mass is 229 g/mol. The second-order valence-corrected chi connectivity index (χ2v) is 4.37. The maximum absolute atomic E-state index is 4.16. The van der Waals surface area contributed by atoms with Crippen molar-refractivity contribution in [3.8, 4) is 11.3 Å². The van der Waals surface area contributed by atoms with Crippen LogP contribution in [0.3, 0.4) is 0 Å². The summed E-state index contributed by atoms with van der Waals surface area (Å²) >= 11 is 0. The minimum atomic E-state index is 0.857. The van der Waals surface area contributed by atoms with Crippen LogP contribution in [-0.4, -0.2) is 16.7 Å². The molecule has 17 heavy (non-hydrogen) atoms. The van der Waals surface area contributed by atoms with E-state index in [9.17, 15) is 0 Å². The highest BCUT2D eigenvalue weighted by molar-refractivity contribution is 5.67. The summed E-state index contributed by atoms with van der Waals surface area (Å²) in [5.74, 6) is 0. The van der Waals surface area contributed by atoms with Crippen LogP contribution in [-0.2, 0) is 6.54 Å². The molecule has 0 unspecified atom stereocenters. The Morgan fingerprint density at radius 3 is 2.88 bits per heavy atom. The average Bonchev–Trinajstić information content (AvgIpc) is 2.77. The van der Waals surface area contributed by atoms with E-state index < -0.39 is 0 Å². The SMILES string of the molecule is CCNCc1cn[nH]c1-c1cc(C)ccc1C. The molecule has 3 nitrogen and oxygen atoms in total. The molecule has 0 fully saturated rings. The Morgan fingerprint density at radius 1 is 1.29 bits per heavy atom. The van der Waals surface area contributed by atoms with Crippen molar-refractivity contribution < 1.29 is 0 Å². The molecule has 2 N–H and O–H groups in total. The van der Waals surface area contributed by atoms with Gasteiger partial charge in [-0.25, -0.2) is 0 Å². The van der Waals surface area contributed by atoms with Gasteiger partial charge >= 0.3 is 0 Å². The van der Waals surface area contributed by atoms with Gasteiger partial charge in [-0.2, -0.15) is 5.10 Å². The topological polar surface area (TPSA) is 40.7 Å². The largest absolute Gasteiger partial charge is 0.313 e. The van der Waals surface area contributed by atoms with E-state index in [1.54, 1.807) is 0 Å². The molecule has 0 amide bonds. The summed E-state index contributed by atoms with van der Waals surface area (Å²) in [5, 5.41) is 10.6. The van der Waals surface area contributed by atoms with Crippen LogP contribution in [0, 0.1) is 13.8 Å². The van der Waals surface area contributed by atoms with E-state index in [1.165, 1.54) is 22.3 Å². The van der Waals surface area contributed by atoms with Crippen LogP contribution in [0.5, 0.6) is 0 Å². The van der Waals surface area contributed by atoms with Gasteiger partial charge < -0.3 is 5.32 Å². The summed E-state index contributed by atoms with van der Waals surface area (Å²) in [4.78, 5) is 0. The molecule has 0 atom stereocenters. The minimum absolute atomic E-state index is 0.857. The molecule has 0 radical (unpaired) electrons. The Labute approximate surface area is 102 Å². The van der Waals surface area contributed by atoms with E-state index in [1.807, 2.05) is 6.20 Å². The normalized spacial score (nSPS) is 10.8. The molecule has 1 aromatic carbocycles. The highest BCUT2D eigenvalue weighted by Gasteiger charge is 2.09. The lowest BCUT2D eigenvalue weighted by atomic mass is 10.0. The molecular formula is C14H19N3. The average molecular weight is 229 g/mol. The van der Waals surface area contributed by atoms with Gasteiger partial charge in [-0.1, -0.05) is 24.6 Å². The fourth-order valence-corrected chi connectivity index (χ4v) is 1.94. The summed E-state index contributed by atoms with van der Waals surface area (Å²) in [6.45, 7) is 8.18. The van der Waals surface area contributed by atoms with E-state index in [4.69, 9.17) is 0 Å². The minimum Gasteiger partial charge on any atom is -0.313 e. The van der Waals surface area contributed by atoms with Crippen LogP contribution < -0.4 is 5.32 Å². The fraction of sp³-hybridized carbons (Fsp3) is 0.357. The number of nitrogens with one attached hydrogen (secondary N) is 2. The first-order valence-corrected chi connectivity index (χ1v) is 6.03. The smallest absolute Gasteiger partial charge is 0.0697 e. The lowest BCUT2D eigenvalue weighted by molar-refractivity contribution is 0.728. The Morgan fingerprint density at radius 2 is 2.12 bits per heavy atom. The van der Waals surface area contributed by atoms with Gasteiger partial charge in [0.2, 0.25) is 0 Å². The van der Waals surface area contributed by atoms with E-state index >= 15 is 0 Å². The van der Waals surface area contributed by atoms with Crippen molar-refractivity contribution in [1.82, 2.24) is 15.5 Å². The molecule has 0 spiro atoms. The van der Waals surface area contributed by atoms with Crippen molar-refractivity contribution in [2.24, 2.45) is 0 Å². The third-order valence-corrected chi connectivity index (χ3v) is 2.95. The first-order valence-electron chi connectivity index (χ1n) is 6.03. The molecular weight excluding hydrogens is 210 g/mol. The standard InChI is InChI=1S/C14H19N3/c1-4-15-8-12-9-16-17-14(12)13-7-10(2)5-6-11(13)3/h5-7,9,15H,4,8H2,1-3H3,(H,16,17). The number of hydrogen-bond donors (Lipinski definition) is 2. The van der Waals surface area contributed by atoms with Gasteiger partial charge in [0.15, 0.2) is 0 Å². The van der Waals surface area contributed by atoms with Crippen molar-refractivity contribution in [3.63, 3.8) is 0 Å². The van der Waals surface area contributed by atoms with Crippen molar-refractivity contribution in [2.75, 3.05) is 6.54 Å². The zero-order valence-corrected chi connectivity index (χ0v) is 10.7. The summed E-state index contributed by atoms with van der Waals surface area (Å²) in [5.41, 5.74) is 6.15. The van der Waals surface area contributed by atoms with Crippen molar-refractivity contribution >= 4 is 0 Å². The first-order chi connectivity index (χ1) is 8.22. The number of rotatable bonds is 4. The summed E-state index contributed by atoms with van der Waals surface area (Å²) in [6, 6.07) is 6.50. The zero-order valence-electron chi connectivity index (χ0n) is 10.7. The van der Waals surface area contributed by atoms with E-state index in [-0.39, 0.29) is 0 Å². The van der Waals surface area contributed by atoms with Crippen LogP contribution in [0.4, 0.5) is 0 Å². The molecule has 0 aliphatic heterocycles. The predicted octanol–water partition coefficient (Wildman–Crippen LogP) is 2.80. The summed E-state index contributed by atoms with van der Waals surface area (Å²) in [6.07, 6.45) is 1.90. The maximum atomic E-state index is 4.16. The molecule has 2 aromatic rings. The highest BCUT2D eigenvalue weighted by Crippen LogP contribution is 2.25. The van der Waals surface area contributed by atoms with Crippen molar-refractivity contribution in [1.29, 1.82) is 0 Å². The summed E-state index contributed by atoms with van der Waals surface area (Å²) < 4.78 is 0. The third-order valence-electron chi connectivity index (χ3n) is 2.95. The molecule has 1 aromatic heterocycles. The Kier molecular flexibility index (Phi) is 3.59. The van der Waals surface area contributed by atoms with Crippen LogP contribution in [0.1, 0.15) is 23.6 Å². The number of hydrogen-bond acceptors (Lipinski definition) is 2. The van der Waals surface area contributed by atoms with E-state index in [0.717, 1.165) is 18.8 Å². The lowest BCUT2D eigenvalue weighted by Crippen LogP contribution is -2.11. The molecule has 0 bridgehead atoms. The molecule has 3 heteroatoms. The molecule has 2 rings (SSSR count). The van der Waals surface area contributed by atoms with Gasteiger partial charge in [0, 0.05) is 17.7 Å². The van der Waals surface area contributed by atoms with Gasteiger partial charge in [-0.15, -0.1) is 0 Å². The lowest BCUT2D eigenvalue weighted by Gasteiger charge is -2.08. The predicted molar refractivity (Wildman–Crippen MR) is 70.9 cm³/mol. The van der Waals surface area contributed by atoms with Crippen LogP contribution in [0.25, 0.3) is 11.3 Å². The summed E-state index contributed by atoms with van der Waals surface area (Å²) in [7, 11) is 0. The van der Waals surface area contributed by atoms with Crippen molar-refractivity contribution in [2.45, 2.75) is 27.3 Å². The van der Waals surface area contributed by atoms with Gasteiger partial charge in [0.25, 0.3) is 0 Å². The first kappa shape index (κ1) is 11.9. The van der Waals surface area contributed by atoms with Crippen LogP contribution in [0.2, 0.25) is 0 Å². The number of H-pyrrole nitrogens is 1. The zero-order chi connectivity index (χ0) is 12.3. The molecule has 90 valence electrons. The second-order valence-electron chi connectivity index (χ2n) is 4.37. The van der Waals surface area contributed by atoms with Gasteiger partial charge in [-0.05, 0) is 32.0 Å². The van der Waals surface area contributed by atoms with Crippen LogP contribution >= 0.6 is 0 Å². The van der Waals surface area contributed by atoms with Gasteiger partial charge in [0.1, 0.15) is 0 Å². The van der Waals surface area contributed by atoms with E-state index in [2.05, 4.69) is 54.5 Å². The molecule has 0 aliphatic rings. The number of benzene rings is 1. The number of aromatic amines is 1. The highest BCUT2D eigenvalue weighted by atomic mass is 15.1. The Hall–Kier alpha value is -1.61. The Balaban J connectivity index is 2.38. The molecule has 0 saturated heterocycles. The number of aromatic nitrogens is 2.